The van der Waals surface area contributed by atoms with Gasteiger partial charge in [0, 0.05) is 13.0 Å². The zero-order valence-corrected chi connectivity index (χ0v) is 7.02. The third-order valence-electron chi connectivity index (χ3n) is 1.82. The number of nitrogens with zero attached hydrogens (tertiary/aromatic N) is 1. The summed E-state index contributed by atoms with van der Waals surface area (Å²) in [6, 6.07) is 0. The van der Waals surface area contributed by atoms with Crippen molar-refractivity contribution < 1.29 is 18.0 Å². The smallest absolute Gasteiger partial charge is 0.329 e. The van der Waals surface area contributed by atoms with E-state index in [2.05, 4.69) is 5.32 Å². The van der Waals surface area contributed by atoms with E-state index < -0.39 is 12.6 Å². The van der Waals surface area contributed by atoms with E-state index in [1.54, 1.807) is 0 Å². The maximum absolute atomic E-state index is 11.7. The molecule has 13 heavy (non-hydrogen) atoms. The van der Waals surface area contributed by atoms with Crippen molar-refractivity contribution in [2.24, 2.45) is 0 Å². The minimum absolute atomic E-state index is 0.0169. The Balaban J connectivity index is 2.16. The molecule has 0 aliphatic carbocycles. The molecule has 0 unspecified atom stereocenters. The molecular formula is C7H11F3N2O. The van der Waals surface area contributed by atoms with Crippen LogP contribution in [0.3, 0.4) is 0 Å². The highest BCUT2D eigenvalue weighted by Gasteiger charge is 2.27. The van der Waals surface area contributed by atoms with E-state index in [-0.39, 0.29) is 25.4 Å². The highest BCUT2D eigenvalue weighted by Crippen LogP contribution is 2.21. The van der Waals surface area contributed by atoms with Crippen LogP contribution in [0, 0.1) is 0 Å². The fourth-order valence-corrected chi connectivity index (χ4v) is 1.17. The van der Waals surface area contributed by atoms with Crippen LogP contribution in [-0.4, -0.2) is 36.7 Å². The minimum Gasteiger partial charge on any atom is -0.329 e. The van der Waals surface area contributed by atoms with E-state index in [4.69, 9.17) is 0 Å². The Kier molecular flexibility index (Phi) is 3.13. The molecule has 0 atom stereocenters. The Bertz CT molecular complexity index is 193. The summed E-state index contributed by atoms with van der Waals surface area (Å²) in [6.45, 7) is 0.800. The van der Waals surface area contributed by atoms with Crippen molar-refractivity contribution in [2.45, 2.75) is 19.0 Å². The molecule has 1 saturated heterocycles. The van der Waals surface area contributed by atoms with Crippen LogP contribution in [0.25, 0.3) is 0 Å². The molecule has 1 heterocycles. The van der Waals surface area contributed by atoms with Gasteiger partial charge in [-0.3, -0.25) is 10.1 Å². The van der Waals surface area contributed by atoms with Gasteiger partial charge in [0.15, 0.2) is 0 Å². The lowest BCUT2D eigenvalue weighted by molar-refractivity contribution is -0.138. The lowest BCUT2D eigenvalue weighted by Crippen LogP contribution is -2.28. The first-order chi connectivity index (χ1) is 5.99. The van der Waals surface area contributed by atoms with Crippen molar-refractivity contribution in [1.82, 2.24) is 10.2 Å². The Morgan fingerprint density at radius 1 is 1.46 bits per heavy atom. The van der Waals surface area contributed by atoms with E-state index in [1.165, 1.54) is 4.90 Å². The van der Waals surface area contributed by atoms with E-state index in [0.717, 1.165) is 0 Å². The van der Waals surface area contributed by atoms with Crippen LogP contribution in [0.15, 0.2) is 0 Å². The first kappa shape index (κ1) is 10.3. The molecule has 1 aliphatic rings. The maximum Gasteiger partial charge on any atom is 0.389 e. The molecule has 0 bridgehead atoms. The summed E-state index contributed by atoms with van der Waals surface area (Å²) < 4.78 is 35.1. The molecule has 0 aromatic carbocycles. The fourth-order valence-electron chi connectivity index (χ4n) is 1.17. The average Bonchev–Trinajstić information content (AvgIpc) is 2.34. The normalized spacial score (nSPS) is 18.4. The first-order valence-electron chi connectivity index (χ1n) is 4.04. The summed E-state index contributed by atoms with van der Waals surface area (Å²) in [4.78, 5) is 12.3. The van der Waals surface area contributed by atoms with Crippen LogP contribution in [0.2, 0.25) is 0 Å². The van der Waals surface area contributed by atoms with Gasteiger partial charge in [-0.05, 0) is 6.42 Å². The number of rotatable bonds is 3. The summed E-state index contributed by atoms with van der Waals surface area (Å²) in [5, 5.41) is 2.76. The van der Waals surface area contributed by atoms with Gasteiger partial charge in [-0.25, -0.2) is 0 Å². The Morgan fingerprint density at radius 3 is 2.62 bits per heavy atom. The van der Waals surface area contributed by atoms with Crippen molar-refractivity contribution in [3.63, 3.8) is 0 Å². The van der Waals surface area contributed by atoms with E-state index in [1.807, 2.05) is 0 Å². The topological polar surface area (TPSA) is 32.3 Å². The van der Waals surface area contributed by atoms with Crippen molar-refractivity contribution in [1.29, 1.82) is 0 Å². The lowest BCUT2D eigenvalue weighted by atomic mass is 10.3. The van der Waals surface area contributed by atoms with Crippen molar-refractivity contribution in [2.75, 3.05) is 19.8 Å². The Morgan fingerprint density at radius 2 is 2.15 bits per heavy atom. The second-order valence-electron chi connectivity index (χ2n) is 2.96. The number of halogens is 3. The molecule has 0 aromatic heterocycles. The third-order valence-corrected chi connectivity index (χ3v) is 1.82. The number of alkyl halides is 3. The Hall–Kier alpha value is -0.780. The number of hydrogen-bond acceptors (Lipinski definition) is 2. The molecule has 1 aliphatic heterocycles. The molecule has 1 N–H and O–H groups in total. The third kappa shape index (κ3) is 3.63. The van der Waals surface area contributed by atoms with Crippen LogP contribution in [0.5, 0.6) is 0 Å². The number of hydrogen-bond donors (Lipinski definition) is 1. The molecule has 1 amide bonds. The van der Waals surface area contributed by atoms with Gasteiger partial charge in [0.05, 0.1) is 13.2 Å². The Labute approximate surface area is 73.9 Å². The molecular weight excluding hydrogens is 185 g/mol. The predicted molar refractivity (Wildman–Crippen MR) is 39.9 cm³/mol. The van der Waals surface area contributed by atoms with Gasteiger partial charge in [0.1, 0.15) is 0 Å². The summed E-state index contributed by atoms with van der Waals surface area (Å²) in [7, 11) is 0. The monoisotopic (exact) mass is 196 g/mol. The number of nitrogens with one attached hydrogen (secondary N) is 1. The van der Waals surface area contributed by atoms with Gasteiger partial charge >= 0.3 is 6.18 Å². The average molecular weight is 196 g/mol. The fraction of sp³-hybridized carbons (Fsp3) is 0.857. The molecule has 0 aromatic rings. The second kappa shape index (κ2) is 3.95. The van der Waals surface area contributed by atoms with Gasteiger partial charge in [-0.15, -0.1) is 0 Å². The van der Waals surface area contributed by atoms with Crippen LogP contribution in [0.1, 0.15) is 12.8 Å². The first-order valence-corrected chi connectivity index (χ1v) is 4.04. The summed E-state index contributed by atoms with van der Waals surface area (Å²) in [5.74, 6) is -0.123. The maximum atomic E-state index is 11.7. The predicted octanol–water partition coefficient (Wildman–Crippen LogP) is 0.718. The molecule has 6 heteroatoms. The highest BCUT2D eigenvalue weighted by atomic mass is 19.4. The molecule has 1 rings (SSSR count). The SMILES string of the molecule is O=C1CNCN1CCCC(F)(F)F. The van der Waals surface area contributed by atoms with Crippen LogP contribution < -0.4 is 5.32 Å². The van der Waals surface area contributed by atoms with Crippen LogP contribution >= 0.6 is 0 Å². The number of amides is 1. The zero-order valence-electron chi connectivity index (χ0n) is 7.02. The van der Waals surface area contributed by atoms with Crippen molar-refractivity contribution >= 4 is 5.91 Å². The zero-order chi connectivity index (χ0) is 9.90. The molecule has 1 fully saturated rings. The summed E-state index contributed by atoms with van der Waals surface area (Å²) in [6.07, 6.45) is -4.95. The van der Waals surface area contributed by atoms with E-state index in [9.17, 15) is 18.0 Å². The highest BCUT2D eigenvalue weighted by molar-refractivity contribution is 5.79. The van der Waals surface area contributed by atoms with Crippen LogP contribution in [-0.2, 0) is 4.79 Å². The molecule has 3 nitrogen and oxygen atoms in total. The van der Waals surface area contributed by atoms with Crippen molar-refractivity contribution in [3.05, 3.63) is 0 Å². The lowest BCUT2D eigenvalue weighted by Gasteiger charge is -2.14. The largest absolute Gasteiger partial charge is 0.389 e. The molecule has 0 radical (unpaired) electrons. The van der Waals surface area contributed by atoms with Crippen molar-refractivity contribution in [3.8, 4) is 0 Å². The second-order valence-corrected chi connectivity index (χ2v) is 2.96. The van der Waals surface area contributed by atoms with Crippen LogP contribution in [0.4, 0.5) is 13.2 Å². The molecule has 76 valence electrons. The van der Waals surface area contributed by atoms with Gasteiger partial charge in [-0.1, -0.05) is 0 Å². The standard InChI is InChI=1S/C7H11F3N2O/c8-7(9,10)2-1-3-12-5-11-4-6(12)13/h11H,1-5H2. The van der Waals surface area contributed by atoms with E-state index in [0.29, 0.717) is 6.67 Å². The minimum atomic E-state index is -4.11. The van der Waals surface area contributed by atoms with Gasteiger partial charge in [0.25, 0.3) is 0 Å². The molecule has 0 saturated carbocycles. The quantitative estimate of drug-likeness (QED) is 0.721. The number of carbonyl (C=O) groups excluding carboxylic acids is 1. The van der Waals surface area contributed by atoms with E-state index >= 15 is 0 Å². The summed E-state index contributed by atoms with van der Waals surface area (Å²) >= 11 is 0. The van der Waals surface area contributed by atoms with Gasteiger partial charge in [-0.2, -0.15) is 13.2 Å². The number of carbonyl (C=O) groups is 1. The molecule has 0 spiro atoms. The van der Waals surface area contributed by atoms with Gasteiger partial charge in [0.2, 0.25) is 5.91 Å². The van der Waals surface area contributed by atoms with Gasteiger partial charge < -0.3 is 4.90 Å². The summed E-state index contributed by atoms with van der Waals surface area (Å²) in [5.41, 5.74) is 0.